The van der Waals surface area contributed by atoms with Crippen LogP contribution in [0.2, 0.25) is 14.8 Å². The molecule has 0 saturated carbocycles. The van der Waals surface area contributed by atoms with Gasteiger partial charge in [-0.1, -0.05) is 0 Å². The van der Waals surface area contributed by atoms with Crippen LogP contribution in [0.3, 0.4) is 0 Å². The summed E-state index contributed by atoms with van der Waals surface area (Å²) < 4.78 is 3.50. The molecule has 0 N–H and O–H groups in total. The van der Waals surface area contributed by atoms with Gasteiger partial charge >= 0.3 is 137 Å². The zero-order valence-electron chi connectivity index (χ0n) is 14.2. The van der Waals surface area contributed by atoms with Crippen LogP contribution in [0.5, 0.6) is 0 Å². The van der Waals surface area contributed by atoms with Crippen molar-refractivity contribution in [1.82, 2.24) is 24.6 Å². The van der Waals surface area contributed by atoms with Crippen molar-refractivity contribution in [1.29, 1.82) is 0 Å². The van der Waals surface area contributed by atoms with E-state index in [-0.39, 0.29) is 0 Å². The Hall–Kier alpha value is -0.661. The van der Waals surface area contributed by atoms with Crippen LogP contribution in [0.1, 0.15) is 0 Å². The molecule has 1 aliphatic heterocycles. The van der Waals surface area contributed by atoms with Crippen molar-refractivity contribution in [2.45, 2.75) is 21.4 Å². The number of rotatable bonds is 4. The van der Waals surface area contributed by atoms with Crippen LogP contribution >= 0.6 is 0 Å². The fourth-order valence-corrected chi connectivity index (χ4v) is 7.09. The molecule has 0 spiro atoms. The summed E-state index contributed by atoms with van der Waals surface area (Å²) in [6.07, 6.45) is 1.89. The number of nitrogens with zero attached hydrogens (tertiary/aromatic N) is 5. The van der Waals surface area contributed by atoms with E-state index < -0.39 is 18.4 Å². The van der Waals surface area contributed by atoms with E-state index in [1.165, 1.54) is 22.2 Å². The molecule has 0 bridgehead atoms. The monoisotopic (exact) mass is 409 g/mol. The molecule has 22 heavy (non-hydrogen) atoms. The Morgan fingerprint density at radius 1 is 1.09 bits per heavy atom. The second-order valence-corrected chi connectivity index (χ2v) is 21.5. The molecular formula is C16H27N5Sn. The fourth-order valence-electron chi connectivity index (χ4n) is 3.03. The molecular weight excluding hydrogens is 381 g/mol. The van der Waals surface area contributed by atoms with Crippen molar-refractivity contribution in [3.63, 3.8) is 0 Å². The number of hydrogen-bond donors (Lipinski definition) is 0. The van der Waals surface area contributed by atoms with Crippen molar-refractivity contribution in [3.8, 4) is 0 Å². The predicted octanol–water partition coefficient (Wildman–Crippen LogP) is 1.22. The molecule has 0 unspecified atom stereocenters. The van der Waals surface area contributed by atoms with Gasteiger partial charge in [0.2, 0.25) is 0 Å². The quantitative estimate of drug-likeness (QED) is 0.714. The van der Waals surface area contributed by atoms with Gasteiger partial charge in [-0.15, -0.1) is 0 Å². The van der Waals surface area contributed by atoms with Crippen LogP contribution < -0.4 is 3.71 Å². The van der Waals surface area contributed by atoms with Gasteiger partial charge in [-0.25, -0.2) is 0 Å². The van der Waals surface area contributed by atoms with Crippen molar-refractivity contribution < 1.29 is 0 Å². The fraction of sp³-hybridized carbons (Fsp3) is 0.625. The van der Waals surface area contributed by atoms with Gasteiger partial charge in [-0.05, 0) is 0 Å². The summed E-state index contributed by atoms with van der Waals surface area (Å²) in [4.78, 5) is 16.8. The summed E-state index contributed by atoms with van der Waals surface area (Å²) in [6, 6.07) is 4.23. The molecule has 120 valence electrons. The average Bonchev–Trinajstić information content (AvgIpc) is 2.86. The molecule has 5 nitrogen and oxygen atoms in total. The van der Waals surface area contributed by atoms with E-state index in [0.717, 1.165) is 31.8 Å². The van der Waals surface area contributed by atoms with E-state index in [1.807, 2.05) is 12.3 Å². The first kappa shape index (κ1) is 16.2. The van der Waals surface area contributed by atoms with E-state index >= 15 is 0 Å². The standard InChI is InChI=1S/C13H18N5.3CH3.Sn/c1-16-5-7-17(8-6-16)9-10-18-13-12(11-15-18)3-2-4-14-13;;;;/h2-4H,5-10H2,1H3;3*1H3;. The van der Waals surface area contributed by atoms with E-state index in [2.05, 4.69) is 47.4 Å². The summed E-state index contributed by atoms with van der Waals surface area (Å²) in [5.74, 6) is 0. The molecule has 2 aromatic heterocycles. The van der Waals surface area contributed by atoms with Crippen LogP contribution in [0.4, 0.5) is 0 Å². The normalized spacial score (nSPS) is 18.2. The topological polar surface area (TPSA) is 37.2 Å². The van der Waals surface area contributed by atoms with Crippen molar-refractivity contribution in [2.75, 3.05) is 39.8 Å². The third-order valence-electron chi connectivity index (χ3n) is 4.44. The van der Waals surface area contributed by atoms with Crippen LogP contribution in [0, 0.1) is 0 Å². The second-order valence-electron chi connectivity index (χ2n) is 7.34. The summed E-state index contributed by atoms with van der Waals surface area (Å²) >= 11 is -2.21. The Balaban J connectivity index is 1.79. The van der Waals surface area contributed by atoms with Gasteiger partial charge in [0.15, 0.2) is 0 Å². The molecule has 0 amide bonds. The van der Waals surface area contributed by atoms with E-state index in [1.54, 1.807) is 0 Å². The van der Waals surface area contributed by atoms with Crippen LogP contribution in [0.15, 0.2) is 18.3 Å². The molecule has 6 heteroatoms. The number of piperazine rings is 1. The molecule has 0 aliphatic carbocycles. The Morgan fingerprint density at radius 2 is 1.82 bits per heavy atom. The molecule has 0 atom stereocenters. The number of fused-ring (bicyclic) bond motifs is 1. The van der Waals surface area contributed by atoms with E-state index in [4.69, 9.17) is 5.10 Å². The first-order chi connectivity index (χ1) is 10.4. The minimum absolute atomic E-state index is 0.944. The number of likely N-dealkylation sites (N-methyl/N-ethyl adjacent to an activating group) is 1. The molecule has 3 rings (SSSR count). The Bertz CT molecular complexity index is 638. The Morgan fingerprint density at radius 3 is 2.50 bits per heavy atom. The third-order valence-corrected chi connectivity index (χ3v) is 9.55. The minimum atomic E-state index is -2.21. The van der Waals surface area contributed by atoms with Gasteiger partial charge in [-0.3, -0.25) is 0 Å². The van der Waals surface area contributed by atoms with Crippen LogP contribution in [-0.2, 0) is 6.54 Å². The summed E-state index contributed by atoms with van der Waals surface area (Å²) in [5.41, 5.74) is 1.07. The van der Waals surface area contributed by atoms with Crippen LogP contribution in [0.25, 0.3) is 11.0 Å². The first-order valence-corrected chi connectivity index (χ1v) is 18.2. The van der Waals surface area contributed by atoms with Crippen molar-refractivity contribution >= 4 is 33.1 Å². The van der Waals surface area contributed by atoms with E-state index in [0.29, 0.717) is 0 Å². The Kier molecular flexibility index (Phi) is 4.75. The molecule has 2 aromatic rings. The molecule has 0 radical (unpaired) electrons. The molecule has 3 heterocycles. The second kappa shape index (κ2) is 6.45. The number of pyridine rings is 1. The first-order valence-electron chi connectivity index (χ1n) is 8.18. The summed E-state index contributed by atoms with van der Waals surface area (Å²) in [7, 11) is 2.20. The van der Waals surface area contributed by atoms with Gasteiger partial charge in [-0.2, -0.15) is 0 Å². The van der Waals surface area contributed by atoms with Gasteiger partial charge in [0, 0.05) is 0 Å². The molecule has 1 aliphatic rings. The molecule has 1 saturated heterocycles. The van der Waals surface area contributed by atoms with Gasteiger partial charge < -0.3 is 0 Å². The van der Waals surface area contributed by atoms with Gasteiger partial charge in [0.05, 0.1) is 0 Å². The Labute approximate surface area is 137 Å². The van der Waals surface area contributed by atoms with Crippen LogP contribution in [-0.4, -0.2) is 82.7 Å². The maximum absolute atomic E-state index is 4.97. The molecule has 0 aromatic carbocycles. The number of hydrogen-bond acceptors (Lipinski definition) is 4. The maximum atomic E-state index is 4.97. The third kappa shape index (κ3) is 3.46. The van der Waals surface area contributed by atoms with Crippen molar-refractivity contribution in [2.24, 2.45) is 0 Å². The summed E-state index contributed by atoms with van der Waals surface area (Å²) in [5, 5.41) is 6.25. The zero-order chi connectivity index (χ0) is 15.7. The SMILES string of the molecule is CN1CCN(CCn2n[c]([Sn]([CH3])([CH3])[CH3])c3cccnc32)CC1. The summed E-state index contributed by atoms with van der Waals surface area (Å²) in [6.45, 7) is 6.67. The average molecular weight is 408 g/mol. The number of aromatic nitrogens is 3. The zero-order valence-corrected chi connectivity index (χ0v) is 17.1. The molecule has 1 fully saturated rings. The van der Waals surface area contributed by atoms with E-state index in [9.17, 15) is 0 Å². The predicted molar refractivity (Wildman–Crippen MR) is 94.4 cm³/mol. The van der Waals surface area contributed by atoms with Gasteiger partial charge in [0.25, 0.3) is 0 Å². The van der Waals surface area contributed by atoms with Crippen molar-refractivity contribution in [3.05, 3.63) is 18.3 Å². The van der Waals surface area contributed by atoms with Gasteiger partial charge in [0.1, 0.15) is 0 Å².